The Balaban J connectivity index is 1.77. The summed E-state index contributed by atoms with van der Waals surface area (Å²) in [5, 5.41) is 0. The first kappa shape index (κ1) is 14.3. The molecule has 0 spiro atoms. The molecule has 19 heavy (non-hydrogen) atoms. The average Bonchev–Trinajstić information content (AvgIpc) is 2.42. The molecule has 0 amide bonds. The van der Waals surface area contributed by atoms with Crippen LogP contribution in [0.5, 0.6) is 5.75 Å². The number of halogens is 1. The summed E-state index contributed by atoms with van der Waals surface area (Å²) < 4.78 is 18.4. The first-order chi connectivity index (χ1) is 9.19. The van der Waals surface area contributed by atoms with Gasteiger partial charge in [0.2, 0.25) is 0 Å². The van der Waals surface area contributed by atoms with Crippen LogP contribution < -0.4 is 10.5 Å². The van der Waals surface area contributed by atoms with E-state index in [2.05, 4.69) is 11.8 Å². The smallest absolute Gasteiger partial charge is 0.123 e. The Kier molecular flexibility index (Phi) is 5.16. The van der Waals surface area contributed by atoms with Gasteiger partial charge in [-0.3, -0.25) is 4.90 Å². The zero-order valence-corrected chi connectivity index (χ0v) is 11.5. The first-order valence-electron chi connectivity index (χ1n) is 7.01. The molecular weight excluding hydrogens is 243 g/mol. The minimum Gasteiger partial charge on any atom is -0.492 e. The third-order valence-electron chi connectivity index (χ3n) is 3.83. The van der Waals surface area contributed by atoms with Gasteiger partial charge in [0.15, 0.2) is 0 Å². The molecule has 1 aliphatic rings. The number of nitrogens with two attached hydrogens (primary N) is 1. The van der Waals surface area contributed by atoms with E-state index in [1.165, 1.54) is 25.0 Å². The van der Waals surface area contributed by atoms with Gasteiger partial charge in [0, 0.05) is 19.1 Å². The predicted octanol–water partition coefficient (Wildman–Crippen LogP) is 2.26. The molecule has 0 saturated carbocycles. The van der Waals surface area contributed by atoms with Crippen molar-refractivity contribution in [1.82, 2.24) is 4.90 Å². The van der Waals surface area contributed by atoms with Crippen LogP contribution in [-0.4, -0.2) is 37.2 Å². The monoisotopic (exact) mass is 266 g/mol. The van der Waals surface area contributed by atoms with Crippen molar-refractivity contribution in [2.75, 3.05) is 26.2 Å². The number of ether oxygens (including phenoxy) is 1. The topological polar surface area (TPSA) is 38.5 Å². The van der Waals surface area contributed by atoms with Crippen molar-refractivity contribution in [1.29, 1.82) is 0 Å². The van der Waals surface area contributed by atoms with E-state index < -0.39 is 0 Å². The third kappa shape index (κ3) is 4.18. The van der Waals surface area contributed by atoms with Gasteiger partial charge in [-0.25, -0.2) is 4.39 Å². The summed E-state index contributed by atoms with van der Waals surface area (Å²) in [4.78, 5) is 2.41. The maximum absolute atomic E-state index is 12.8. The lowest BCUT2D eigenvalue weighted by Crippen LogP contribution is -2.47. The van der Waals surface area contributed by atoms with Crippen LogP contribution in [0.2, 0.25) is 0 Å². The van der Waals surface area contributed by atoms with Crippen molar-refractivity contribution in [2.24, 2.45) is 11.7 Å². The van der Waals surface area contributed by atoms with Gasteiger partial charge in [-0.1, -0.05) is 6.92 Å². The number of piperidine rings is 1. The second-order valence-electron chi connectivity index (χ2n) is 5.36. The van der Waals surface area contributed by atoms with E-state index in [-0.39, 0.29) is 5.82 Å². The molecule has 1 aliphatic heterocycles. The van der Waals surface area contributed by atoms with Crippen molar-refractivity contribution in [2.45, 2.75) is 25.8 Å². The summed E-state index contributed by atoms with van der Waals surface area (Å²) in [5.41, 5.74) is 5.83. The fraction of sp³-hybridized carbons (Fsp3) is 0.600. The Labute approximate surface area is 114 Å². The molecule has 2 rings (SSSR count). The summed E-state index contributed by atoms with van der Waals surface area (Å²) in [7, 11) is 0. The molecule has 0 aliphatic carbocycles. The van der Waals surface area contributed by atoms with Gasteiger partial charge in [-0.05, 0) is 49.6 Å². The molecule has 1 aromatic rings. The lowest BCUT2D eigenvalue weighted by atomic mass is 9.92. The molecule has 0 bridgehead atoms. The minimum atomic E-state index is -0.236. The molecule has 0 radical (unpaired) electrons. The Hall–Kier alpha value is -1.13. The van der Waals surface area contributed by atoms with Gasteiger partial charge < -0.3 is 10.5 Å². The number of hydrogen-bond donors (Lipinski definition) is 1. The second-order valence-corrected chi connectivity index (χ2v) is 5.36. The number of nitrogens with zero attached hydrogens (tertiary/aromatic N) is 1. The van der Waals surface area contributed by atoms with E-state index in [0.29, 0.717) is 19.2 Å². The van der Waals surface area contributed by atoms with E-state index in [0.717, 1.165) is 24.8 Å². The molecule has 3 nitrogen and oxygen atoms in total. The van der Waals surface area contributed by atoms with E-state index in [1.807, 2.05) is 0 Å². The van der Waals surface area contributed by atoms with E-state index in [9.17, 15) is 4.39 Å². The number of hydrogen-bond acceptors (Lipinski definition) is 3. The van der Waals surface area contributed by atoms with Crippen LogP contribution in [0.3, 0.4) is 0 Å². The Morgan fingerprint density at radius 3 is 2.79 bits per heavy atom. The third-order valence-corrected chi connectivity index (χ3v) is 3.83. The number of benzene rings is 1. The second kappa shape index (κ2) is 6.87. The summed E-state index contributed by atoms with van der Waals surface area (Å²) >= 11 is 0. The molecule has 2 unspecified atom stereocenters. The van der Waals surface area contributed by atoms with Crippen LogP contribution in [0, 0.1) is 11.7 Å². The van der Waals surface area contributed by atoms with Gasteiger partial charge in [-0.15, -0.1) is 0 Å². The van der Waals surface area contributed by atoms with Crippen molar-refractivity contribution in [3.63, 3.8) is 0 Å². The Bertz CT molecular complexity index is 382. The largest absolute Gasteiger partial charge is 0.492 e. The van der Waals surface area contributed by atoms with Crippen LogP contribution >= 0.6 is 0 Å². The van der Waals surface area contributed by atoms with Crippen molar-refractivity contribution in [3.8, 4) is 5.75 Å². The molecule has 1 fully saturated rings. The summed E-state index contributed by atoms with van der Waals surface area (Å²) in [6.45, 7) is 5.59. The highest BCUT2D eigenvalue weighted by molar-refractivity contribution is 5.21. The molecular formula is C15H23FN2O. The molecule has 1 aromatic carbocycles. The summed E-state index contributed by atoms with van der Waals surface area (Å²) in [6, 6.07) is 6.63. The summed E-state index contributed by atoms with van der Waals surface area (Å²) in [5.74, 6) is 1.25. The average molecular weight is 266 g/mol. The molecule has 106 valence electrons. The fourth-order valence-corrected chi connectivity index (χ4v) is 2.65. The zero-order chi connectivity index (χ0) is 13.7. The van der Waals surface area contributed by atoms with Crippen LogP contribution in [-0.2, 0) is 0 Å². The van der Waals surface area contributed by atoms with E-state index in [4.69, 9.17) is 10.5 Å². The summed E-state index contributed by atoms with van der Waals surface area (Å²) in [6.07, 6.45) is 2.40. The highest BCUT2D eigenvalue weighted by Crippen LogP contribution is 2.21. The van der Waals surface area contributed by atoms with Gasteiger partial charge in [-0.2, -0.15) is 0 Å². The van der Waals surface area contributed by atoms with Crippen LogP contribution in [0.25, 0.3) is 0 Å². The predicted molar refractivity (Wildman–Crippen MR) is 74.7 cm³/mol. The van der Waals surface area contributed by atoms with Crippen LogP contribution in [0.4, 0.5) is 4.39 Å². The Morgan fingerprint density at radius 1 is 1.37 bits per heavy atom. The lowest BCUT2D eigenvalue weighted by Gasteiger charge is -2.37. The van der Waals surface area contributed by atoms with Gasteiger partial charge in [0.05, 0.1) is 0 Å². The lowest BCUT2D eigenvalue weighted by molar-refractivity contribution is 0.103. The van der Waals surface area contributed by atoms with Crippen LogP contribution in [0.15, 0.2) is 24.3 Å². The maximum atomic E-state index is 12.8. The SMILES string of the molecule is CC1CCN(CCOc2ccc(F)cc2)C(CN)C1. The molecule has 0 aromatic heterocycles. The first-order valence-corrected chi connectivity index (χ1v) is 7.01. The van der Waals surface area contributed by atoms with Crippen molar-refractivity contribution < 1.29 is 9.13 Å². The quantitative estimate of drug-likeness (QED) is 0.888. The van der Waals surface area contributed by atoms with Crippen molar-refractivity contribution >= 4 is 0 Å². The van der Waals surface area contributed by atoms with Gasteiger partial charge in [0.1, 0.15) is 18.2 Å². The molecule has 2 atom stereocenters. The van der Waals surface area contributed by atoms with E-state index in [1.54, 1.807) is 12.1 Å². The fourth-order valence-electron chi connectivity index (χ4n) is 2.65. The maximum Gasteiger partial charge on any atom is 0.123 e. The van der Waals surface area contributed by atoms with Crippen LogP contribution in [0.1, 0.15) is 19.8 Å². The zero-order valence-electron chi connectivity index (χ0n) is 11.5. The van der Waals surface area contributed by atoms with E-state index >= 15 is 0 Å². The number of likely N-dealkylation sites (tertiary alicyclic amines) is 1. The molecule has 2 N–H and O–H groups in total. The highest BCUT2D eigenvalue weighted by atomic mass is 19.1. The molecule has 1 saturated heterocycles. The highest BCUT2D eigenvalue weighted by Gasteiger charge is 2.24. The molecule has 4 heteroatoms. The van der Waals surface area contributed by atoms with Gasteiger partial charge in [0.25, 0.3) is 0 Å². The standard InChI is InChI=1S/C15H23FN2O/c1-12-6-7-18(14(10-12)11-17)8-9-19-15-4-2-13(16)3-5-15/h2-5,12,14H,6-11,17H2,1H3. The minimum absolute atomic E-state index is 0.236. The number of rotatable bonds is 5. The normalized spacial score (nSPS) is 24.4. The van der Waals surface area contributed by atoms with Gasteiger partial charge >= 0.3 is 0 Å². The molecule has 1 heterocycles. The Morgan fingerprint density at radius 2 is 2.11 bits per heavy atom. The van der Waals surface area contributed by atoms with Crippen molar-refractivity contribution in [3.05, 3.63) is 30.1 Å².